The SMILES string of the molecule is Cc1ccc(Nc2cc(C)c(Cl)cc2N)o1. The van der Waals surface area contributed by atoms with Crippen LogP contribution in [0.2, 0.25) is 5.02 Å². The molecule has 2 aromatic rings. The number of nitrogens with one attached hydrogen (secondary N) is 1. The van der Waals surface area contributed by atoms with E-state index in [1.165, 1.54) is 0 Å². The number of benzene rings is 1. The van der Waals surface area contributed by atoms with Crippen molar-refractivity contribution in [2.75, 3.05) is 11.1 Å². The lowest BCUT2D eigenvalue weighted by Crippen LogP contribution is -1.96. The van der Waals surface area contributed by atoms with E-state index in [4.69, 9.17) is 21.8 Å². The lowest BCUT2D eigenvalue weighted by molar-refractivity contribution is 0.551. The van der Waals surface area contributed by atoms with Crippen LogP contribution in [-0.2, 0) is 0 Å². The van der Waals surface area contributed by atoms with Crippen LogP contribution in [0, 0.1) is 13.8 Å². The molecule has 1 aromatic heterocycles. The van der Waals surface area contributed by atoms with Crippen molar-refractivity contribution < 1.29 is 4.42 Å². The molecule has 0 amide bonds. The molecule has 84 valence electrons. The van der Waals surface area contributed by atoms with Gasteiger partial charge in [0.2, 0.25) is 0 Å². The zero-order chi connectivity index (χ0) is 11.7. The van der Waals surface area contributed by atoms with Crippen LogP contribution in [0.15, 0.2) is 28.7 Å². The molecule has 16 heavy (non-hydrogen) atoms. The molecule has 0 atom stereocenters. The predicted molar refractivity (Wildman–Crippen MR) is 67.3 cm³/mol. The Morgan fingerprint density at radius 1 is 1.25 bits per heavy atom. The summed E-state index contributed by atoms with van der Waals surface area (Å²) in [5.41, 5.74) is 8.23. The van der Waals surface area contributed by atoms with Crippen LogP contribution < -0.4 is 11.1 Å². The fourth-order valence-electron chi connectivity index (χ4n) is 1.44. The highest BCUT2D eigenvalue weighted by Crippen LogP contribution is 2.29. The highest BCUT2D eigenvalue weighted by molar-refractivity contribution is 6.31. The molecular formula is C12H13ClN2O. The van der Waals surface area contributed by atoms with Crippen LogP contribution in [0.25, 0.3) is 0 Å². The predicted octanol–water partition coefficient (Wildman–Crippen LogP) is 3.88. The number of nitrogen functional groups attached to an aromatic ring is 1. The molecule has 0 fully saturated rings. The Hall–Kier alpha value is -1.61. The lowest BCUT2D eigenvalue weighted by Gasteiger charge is -2.09. The summed E-state index contributed by atoms with van der Waals surface area (Å²) in [7, 11) is 0. The Balaban J connectivity index is 2.31. The van der Waals surface area contributed by atoms with Crippen molar-refractivity contribution in [1.29, 1.82) is 0 Å². The van der Waals surface area contributed by atoms with Gasteiger partial charge in [-0.1, -0.05) is 11.6 Å². The number of rotatable bonds is 2. The average Bonchev–Trinajstić information content (AvgIpc) is 2.60. The largest absolute Gasteiger partial charge is 0.446 e. The monoisotopic (exact) mass is 236 g/mol. The molecule has 0 bridgehead atoms. The number of hydrogen-bond donors (Lipinski definition) is 2. The topological polar surface area (TPSA) is 51.2 Å². The molecule has 0 saturated carbocycles. The fourth-order valence-corrected chi connectivity index (χ4v) is 1.61. The zero-order valence-electron chi connectivity index (χ0n) is 9.17. The standard InChI is InChI=1S/C12H13ClN2O/c1-7-5-11(10(14)6-9(7)13)15-12-4-3-8(2)16-12/h3-6,15H,14H2,1-2H3. The smallest absolute Gasteiger partial charge is 0.197 e. The average molecular weight is 237 g/mol. The molecular weight excluding hydrogens is 224 g/mol. The summed E-state index contributed by atoms with van der Waals surface area (Å²) in [6.07, 6.45) is 0. The van der Waals surface area contributed by atoms with Crippen molar-refractivity contribution in [3.05, 3.63) is 40.6 Å². The molecule has 3 N–H and O–H groups in total. The van der Waals surface area contributed by atoms with Crippen LogP contribution in [0.5, 0.6) is 0 Å². The lowest BCUT2D eigenvalue weighted by atomic mass is 10.2. The Morgan fingerprint density at radius 2 is 2.00 bits per heavy atom. The molecule has 0 aliphatic carbocycles. The fraction of sp³-hybridized carbons (Fsp3) is 0.167. The minimum Gasteiger partial charge on any atom is -0.446 e. The number of furan rings is 1. The van der Waals surface area contributed by atoms with Gasteiger partial charge in [0.15, 0.2) is 5.88 Å². The normalized spacial score (nSPS) is 10.4. The summed E-state index contributed by atoms with van der Waals surface area (Å²) in [5.74, 6) is 1.53. The second-order valence-electron chi connectivity index (χ2n) is 3.72. The van der Waals surface area contributed by atoms with Crippen molar-refractivity contribution in [2.45, 2.75) is 13.8 Å². The number of anilines is 3. The Morgan fingerprint density at radius 3 is 2.62 bits per heavy atom. The first-order chi connectivity index (χ1) is 7.56. The highest BCUT2D eigenvalue weighted by atomic mass is 35.5. The van der Waals surface area contributed by atoms with Crippen LogP contribution >= 0.6 is 11.6 Å². The molecule has 0 spiro atoms. The van der Waals surface area contributed by atoms with E-state index in [9.17, 15) is 0 Å². The van der Waals surface area contributed by atoms with Gasteiger partial charge in [-0.15, -0.1) is 0 Å². The molecule has 0 radical (unpaired) electrons. The summed E-state index contributed by atoms with van der Waals surface area (Å²) in [5, 5.41) is 3.78. The molecule has 0 unspecified atom stereocenters. The maximum Gasteiger partial charge on any atom is 0.197 e. The summed E-state index contributed by atoms with van der Waals surface area (Å²) in [6.45, 7) is 3.82. The van der Waals surface area contributed by atoms with E-state index < -0.39 is 0 Å². The van der Waals surface area contributed by atoms with Gasteiger partial charge in [0.05, 0.1) is 11.4 Å². The van der Waals surface area contributed by atoms with Crippen molar-refractivity contribution in [3.8, 4) is 0 Å². The molecule has 0 saturated heterocycles. The van der Waals surface area contributed by atoms with E-state index in [0.29, 0.717) is 16.6 Å². The summed E-state index contributed by atoms with van der Waals surface area (Å²) < 4.78 is 5.41. The van der Waals surface area contributed by atoms with Crippen molar-refractivity contribution in [2.24, 2.45) is 0 Å². The van der Waals surface area contributed by atoms with Crippen molar-refractivity contribution >= 4 is 28.9 Å². The summed E-state index contributed by atoms with van der Waals surface area (Å²) in [6, 6.07) is 7.38. The molecule has 4 heteroatoms. The molecule has 0 aliphatic heterocycles. The Kier molecular flexibility index (Phi) is 2.79. The molecule has 3 nitrogen and oxygen atoms in total. The van der Waals surface area contributed by atoms with Crippen molar-refractivity contribution in [3.63, 3.8) is 0 Å². The maximum absolute atomic E-state index is 5.96. The van der Waals surface area contributed by atoms with Crippen molar-refractivity contribution in [1.82, 2.24) is 0 Å². The van der Waals surface area contributed by atoms with Crippen LogP contribution in [0.4, 0.5) is 17.3 Å². The first-order valence-electron chi connectivity index (χ1n) is 4.95. The Bertz CT molecular complexity index is 520. The van der Waals surface area contributed by atoms with E-state index >= 15 is 0 Å². The van der Waals surface area contributed by atoms with Crippen LogP contribution in [0.1, 0.15) is 11.3 Å². The number of nitrogens with two attached hydrogens (primary N) is 1. The summed E-state index contributed by atoms with van der Waals surface area (Å²) >= 11 is 5.96. The van der Waals surface area contributed by atoms with Crippen LogP contribution in [0.3, 0.4) is 0 Å². The van der Waals surface area contributed by atoms with Gasteiger partial charge in [0.1, 0.15) is 5.76 Å². The zero-order valence-corrected chi connectivity index (χ0v) is 9.93. The highest BCUT2D eigenvalue weighted by Gasteiger charge is 2.05. The van der Waals surface area contributed by atoms with E-state index in [2.05, 4.69) is 5.32 Å². The van der Waals surface area contributed by atoms with Gasteiger partial charge in [0.25, 0.3) is 0 Å². The molecule has 1 heterocycles. The first kappa shape index (κ1) is 10.9. The third-order valence-electron chi connectivity index (χ3n) is 2.33. The van der Waals surface area contributed by atoms with E-state index in [0.717, 1.165) is 17.0 Å². The van der Waals surface area contributed by atoms with Gasteiger partial charge in [-0.2, -0.15) is 0 Å². The number of hydrogen-bond acceptors (Lipinski definition) is 3. The maximum atomic E-state index is 5.96. The van der Waals surface area contributed by atoms with Gasteiger partial charge in [-0.25, -0.2) is 0 Å². The van der Waals surface area contributed by atoms with Gasteiger partial charge in [-0.3, -0.25) is 0 Å². The van der Waals surface area contributed by atoms with E-state index in [-0.39, 0.29) is 0 Å². The molecule has 0 aliphatic rings. The quantitative estimate of drug-likeness (QED) is 0.778. The minimum atomic E-state index is 0.602. The van der Waals surface area contributed by atoms with E-state index in [1.807, 2.05) is 32.0 Å². The Labute approximate surface area is 99.2 Å². The third kappa shape index (κ3) is 2.14. The second kappa shape index (κ2) is 4.10. The van der Waals surface area contributed by atoms with Gasteiger partial charge in [-0.05, 0) is 37.6 Å². The van der Waals surface area contributed by atoms with Crippen LogP contribution in [-0.4, -0.2) is 0 Å². The minimum absolute atomic E-state index is 0.602. The summed E-state index contributed by atoms with van der Waals surface area (Å²) in [4.78, 5) is 0. The number of halogens is 1. The van der Waals surface area contributed by atoms with Gasteiger partial charge in [0, 0.05) is 11.1 Å². The van der Waals surface area contributed by atoms with Gasteiger partial charge >= 0.3 is 0 Å². The van der Waals surface area contributed by atoms with Gasteiger partial charge < -0.3 is 15.5 Å². The first-order valence-corrected chi connectivity index (χ1v) is 5.33. The second-order valence-corrected chi connectivity index (χ2v) is 4.13. The third-order valence-corrected chi connectivity index (χ3v) is 2.74. The van der Waals surface area contributed by atoms with E-state index in [1.54, 1.807) is 6.07 Å². The molecule has 1 aromatic carbocycles. The molecule has 2 rings (SSSR count). The number of aryl methyl sites for hydroxylation is 2.